The smallest absolute Gasteiger partial charge is 0.220 e. The molecule has 0 aliphatic heterocycles. The van der Waals surface area contributed by atoms with Gasteiger partial charge in [0.25, 0.3) is 0 Å². The maximum atomic E-state index is 12.3. The Morgan fingerprint density at radius 1 is 0.694 bits per heavy atom. The van der Waals surface area contributed by atoms with Crippen LogP contribution in [0.5, 0.6) is 11.5 Å². The maximum absolute atomic E-state index is 12.3. The average Bonchev–Trinajstić information content (AvgIpc) is 2.91. The fourth-order valence-corrected chi connectivity index (χ4v) is 4.17. The Kier molecular flexibility index (Phi) is 10.8. The lowest BCUT2D eigenvalue weighted by molar-refractivity contribution is -0.123. The third-order valence-electron chi connectivity index (χ3n) is 6.05. The molecule has 2 amide bonds. The van der Waals surface area contributed by atoms with Gasteiger partial charge in [0.15, 0.2) is 11.5 Å². The van der Waals surface area contributed by atoms with Gasteiger partial charge in [-0.25, -0.2) is 0 Å². The molecule has 2 N–H and O–H groups in total. The first-order valence-electron chi connectivity index (χ1n) is 12.5. The van der Waals surface area contributed by atoms with Gasteiger partial charge in [-0.2, -0.15) is 0 Å². The Morgan fingerprint density at radius 3 is 1.86 bits per heavy atom. The van der Waals surface area contributed by atoms with Crippen molar-refractivity contribution in [3.63, 3.8) is 0 Å². The number of benzene rings is 3. The van der Waals surface area contributed by atoms with Gasteiger partial charge in [-0.3, -0.25) is 9.59 Å². The monoisotopic (exact) mass is 488 g/mol. The van der Waals surface area contributed by atoms with Crippen molar-refractivity contribution >= 4 is 11.8 Å². The molecular formula is C30H36N2O4. The van der Waals surface area contributed by atoms with Crippen LogP contribution in [-0.4, -0.2) is 39.1 Å². The normalized spacial score (nSPS) is 10.5. The SMILES string of the molecule is COc1ccc(CCNC(=O)CCCCC(=O)NCCc2ccccc2)c(-c2ccccc2)c1OC. The minimum absolute atomic E-state index is 0.00113. The molecule has 0 aromatic heterocycles. The summed E-state index contributed by atoms with van der Waals surface area (Å²) >= 11 is 0. The van der Waals surface area contributed by atoms with Gasteiger partial charge >= 0.3 is 0 Å². The van der Waals surface area contributed by atoms with Crippen LogP contribution in [0.1, 0.15) is 36.8 Å². The number of methoxy groups -OCH3 is 2. The van der Waals surface area contributed by atoms with E-state index in [9.17, 15) is 9.59 Å². The van der Waals surface area contributed by atoms with E-state index >= 15 is 0 Å². The molecule has 0 aliphatic rings. The fraction of sp³-hybridized carbons (Fsp3) is 0.333. The number of unbranched alkanes of at least 4 members (excludes halogenated alkanes) is 1. The number of carbonyl (C=O) groups is 2. The summed E-state index contributed by atoms with van der Waals surface area (Å²) in [6, 6.07) is 24.0. The van der Waals surface area contributed by atoms with Crippen LogP contribution >= 0.6 is 0 Å². The zero-order valence-electron chi connectivity index (χ0n) is 21.2. The molecule has 3 aromatic rings. The van der Waals surface area contributed by atoms with Crippen molar-refractivity contribution in [2.45, 2.75) is 38.5 Å². The van der Waals surface area contributed by atoms with E-state index in [2.05, 4.69) is 22.8 Å². The summed E-state index contributed by atoms with van der Waals surface area (Å²) in [5, 5.41) is 5.95. The molecule has 0 saturated heterocycles. The zero-order valence-corrected chi connectivity index (χ0v) is 21.2. The first-order chi connectivity index (χ1) is 17.6. The number of rotatable bonds is 14. The number of amides is 2. The average molecular weight is 489 g/mol. The van der Waals surface area contributed by atoms with Crippen LogP contribution in [-0.2, 0) is 22.4 Å². The number of carbonyl (C=O) groups excluding carboxylic acids is 2. The third kappa shape index (κ3) is 8.15. The van der Waals surface area contributed by atoms with E-state index in [-0.39, 0.29) is 11.8 Å². The summed E-state index contributed by atoms with van der Waals surface area (Å²) in [6.45, 7) is 1.15. The third-order valence-corrected chi connectivity index (χ3v) is 6.05. The molecule has 0 saturated carbocycles. The van der Waals surface area contributed by atoms with Crippen molar-refractivity contribution in [3.05, 3.63) is 83.9 Å². The minimum atomic E-state index is 0.00113. The van der Waals surface area contributed by atoms with Crippen molar-refractivity contribution in [1.82, 2.24) is 10.6 Å². The molecule has 190 valence electrons. The van der Waals surface area contributed by atoms with E-state index in [4.69, 9.17) is 9.47 Å². The van der Waals surface area contributed by atoms with Crippen LogP contribution in [0.25, 0.3) is 11.1 Å². The highest BCUT2D eigenvalue weighted by Crippen LogP contribution is 2.40. The topological polar surface area (TPSA) is 76.7 Å². The van der Waals surface area contributed by atoms with Gasteiger partial charge in [0.2, 0.25) is 11.8 Å². The lowest BCUT2D eigenvalue weighted by Crippen LogP contribution is -2.26. The van der Waals surface area contributed by atoms with Gasteiger partial charge in [-0.05, 0) is 48.4 Å². The highest BCUT2D eigenvalue weighted by atomic mass is 16.5. The van der Waals surface area contributed by atoms with Gasteiger partial charge < -0.3 is 20.1 Å². The van der Waals surface area contributed by atoms with E-state index in [1.807, 2.05) is 60.7 Å². The molecule has 3 rings (SSSR count). The largest absolute Gasteiger partial charge is 0.493 e. The van der Waals surface area contributed by atoms with Gasteiger partial charge in [0.05, 0.1) is 14.2 Å². The van der Waals surface area contributed by atoms with E-state index < -0.39 is 0 Å². The predicted molar refractivity (Wildman–Crippen MR) is 143 cm³/mol. The van der Waals surface area contributed by atoms with Gasteiger partial charge in [0.1, 0.15) is 0 Å². The molecule has 0 aliphatic carbocycles. The van der Waals surface area contributed by atoms with Gasteiger partial charge in [-0.1, -0.05) is 66.7 Å². The molecule has 0 heterocycles. The number of hydrogen-bond donors (Lipinski definition) is 2. The summed E-state index contributed by atoms with van der Waals surface area (Å²) in [7, 11) is 3.26. The maximum Gasteiger partial charge on any atom is 0.220 e. The molecule has 0 fully saturated rings. The molecule has 6 nitrogen and oxygen atoms in total. The molecule has 3 aromatic carbocycles. The Balaban J connectivity index is 1.40. The van der Waals surface area contributed by atoms with Crippen LogP contribution in [0.4, 0.5) is 0 Å². The Hall–Kier alpha value is -3.80. The zero-order chi connectivity index (χ0) is 25.6. The van der Waals surface area contributed by atoms with Crippen molar-refractivity contribution in [2.24, 2.45) is 0 Å². The van der Waals surface area contributed by atoms with Gasteiger partial charge in [-0.15, -0.1) is 0 Å². The van der Waals surface area contributed by atoms with E-state index in [1.54, 1.807) is 14.2 Å². The Morgan fingerprint density at radius 2 is 1.28 bits per heavy atom. The van der Waals surface area contributed by atoms with Gasteiger partial charge in [0, 0.05) is 31.5 Å². The van der Waals surface area contributed by atoms with Crippen molar-refractivity contribution in [1.29, 1.82) is 0 Å². The second-order valence-electron chi connectivity index (χ2n) is 8.59. The Bertz CT molecular complexity index is 1100. The Labute approximate surface area is 214 Å². The summed E-state index contributed by atoms with van der Waals surface area (Å²) in [4.78, 5) is 24.4. The van der Waals surface area contributed by atoms with Crippen LogP contribution < -0.4 is 20.1 Å². The van der Waals surface area contributed by atoms with Crippen LogP contribution in [0, 0.1) is 0 Å². The first-order valence-corrected chi connectivity index (χ1v) is 12.5. The van der Waals surface area contributed by atoms with Crippen LogP contribution in [0.15, 0.2) is 72.8 Å². The summed E-state index contributed by atoms with van der Waals surface area (Å²) in [5.41, 5.74) is 4.30. The van der Waals surface area contributed by atoms with Crippen molar-refractivity contribution in [2.75, 3.05) is 27.3 Å². The lowest BCUT2D eigenvalue weighted by atomic mass is 9.96. The number of nitrogens with one attached hydrogen (secondary N) is 2. The second kappa shape index (κ2) is 14.6. The first kappa shape index (κ1) is 26.8. The standard InChI is InChI=1S/C30H36N2O4/c1-35-26-18-17-25(29(30(26)36-2)24-13-7-4-8-14-24)20-22-32-28(34)16-10-9-15-27(33)31-21-19-23-11-5-3-6-12-23/h3-8,11-14,17-18H,9-10,15-16,19-22H2,1-2H3,(H,31,33)(H,32,34). The van der Waals surface area contributed by atoms with E-state index in [0.717, 1.165) is 23.1 Å². The summed E-state index contributed by atoms with van der Waals surface area (Å²) < 4.78 is 11.2. The second-order valence-corrected chi connectivity index (χ2v) is 8.59. The fourth-order valence-electron chi connectivity index (χ4n) is 4.17. The quantitative estimate of drug-likeness (QED) is 0.315. The van der Waals surface area contributed by atoms with Crippen LogP contribution in [0.2, 0.25) is 0 Å². The predicted octanol–water partition coefficient (Wildman–Crippen LogP) is 4.95. The molecule has 6 heteroatoms. The van der Waals surface area contributed by atoms with Crippen molar-refractivity contribution in [3.8, 4) is 22.6 Å². The highest BCUT2D eigenvalue weighted by molar-refractivity contribution is 5.78. The van der Waals surface area contributed by atoms with Crippen LogP contribution in [0.3, 0.4) is 0 Å². The number of ether oxygens (including phenoxy) is 2. The molecule has 0 radical (unpaired) electrons. The van der Waals surface area contributed by atoms with E-state index in [1.165, 1.54) is 5.56 Å². The molecular weight excluding hydrogens is 452 g/mol. The lowest BCUT2D eigenvalue weighted by Gasteiger charge is -2.17. The number of hydrogen-bond acceptors (Lipinski definition) is 4. The highest BCUT2D eigenvalue weighted by Gasteiger charge is 2.16. The molecule has 0 atom stereocenters. The molecule has 0 bridgehead atoms. The minimum Gasteiger partial charge on any atom is -0.493 e. The summed E-state index contributed by atoms with van der Waals surface area (Å²) in [5.74, 6) is 1.40. The summed E-state index contributed by atoms with van der Waals surface area (Å²) in [6.07, 6.45) is 3.71. The molecule has 0 unspecified atom stereocenters. The molecule has 0 spiro atoms. The van der Waals surface area contributed by atoms with Crippen molar-refractivity contribution < 1.29 is 19.1 Å². The van der Waals surface area contributed by atoms with E-state index in [0.29, 0.717) is 56.7 Å². The molecule has 36 heavy (non-hydrogen) atoms.